The molecule has 2 fully saturated rings. The molecule has 4 rings (SSSR count). The molecule has 0 spiro atoms. The molecule has 9 heteroatoms. The van der Waals surface area contributed by atoms with Crippen LogP contribution >= 0.6 is 0 Å². The maximum Gasteiger partial charge on any atom is 0.227 e. The fourth-order valence-electron chi connectivity index (χ4n) is 4.53. The number of hydrogen-bond acceptors (Lipinski definition) is 5. The molecule has 34 heavy (non-hydrogen) atoms. The van der Waals surface area contributed by atoms with Crippen LogP contribution in [0.3, 0.4) is 0 Å². The second-order valence-corrected chi connectivity index (χ2v) is 11.0. The molecule has 0 aliphatic carbocycles. The van der Waals surface area contributed by atoms with Gasteiger partial charge in [-0.1, -0.05) is 30.3 Å². The van der Waals surface area contributed by atoms with Crippen molar-refractivity contribution in [1.29, 1.82) is 0 Å². The number of hydrogen-bond donors (Lipinski definition) is 1. The van der Waals surface area contributed by atoms with Gasteiger partial charge in [0.15, 0.2) is 0 Å². The van der Waals surface area contributed by atoms with Crippen molar-refractivity contribution in [3.63, 3.8) is 0 Å². The Morgan fingerprint density at radius 3 is 2.41 bits per heavy atom. The van der Waals surface area contributed by atoms with Gasteiger partial charge in [-0.15, -0.1) is 0 Å². The zero-order chi connectivity index (χ0) is 24.1. The van der Waals surface area contributed by atoms with E-state index >= 15 is 0 Å². The number of carbonyl (C=O) groups excluding carboxylic acids is 2. The fraction of sp³-hybridized carbons (Fsp3) is 0.440. The average molecular weight is 485 g/mol. The molecule has 1 atom stereocenters. The Morgan fingerprint density at radius 2 is 1.71 bits per heavy atom. The molecule has 2 heterocycles. The van der Waals surface area contributed by atoms with E-state index in [0.29, 0.717) is 39.1 Å². The first-order chi connectivity index (χ1) is 16.3. The Hall–Kier alpha value is -2.91. The van der Waals surface area contributed by atoms with E-state index in [1.54, 1.807) is 9.21 Å². The molecule has 0 aromatic heterocycles. The van der Waals surface area contributed by atoms with Crippen molar-refractivity contribution in [1.82, 2.24) is 9.62 Å². The highest BCUT2D eigenvalue weighted by Crippen LogP contribution is 2.25. The predicted molar refractivity (Wildman–Crippen MR) is 133 cm³/mol. The largest absolute Gasteiger partial charge is 0.369 e. The van der Waals surface area contributed by atoms with Gasteiger partial charge in [0.1, 0.15) is 0 Å². The first-order valence-electron chi connectivity index (χ1n) is 11.8. The number of aryl methyl sites for hydroxylation is 1. The molecule has 2 aromatic carbocycles. The van der Waals surface area contributed by atoms with Crippen molar-refractivity contribution >= 4 is 33.2 Å². The lowest BCUT2D eigenvalue weighted by Crippen LogP contribution is -2.49. The van der Waals surface area contributed by atoms with Crippen LogP contribution in [0.4, 0.5) is 11.4 Å². The van der Waals surface area contributed by atoms with Crippen molar-refractivity contribution in [3.8, 4) is 0 Å². The van der Waals surface area contributed by atoms with E-state index < -0.39 is 15.9 Å². The minimum absolute atomic E-state index is 0.00252. The lowest BCUT2D eigenvalue weighted by molar-refractivity contribution is -0.126. The van der Waals surface area contributed by atoms with E-state index in [9.17, 15) is 18.0 Å². The highest BCUT2D eigenvalue weighted by Gasteiger charge is 2.35. The zero-order valence-corrected chi connectivity index (χ0v) is 20.3. The highest BCUT2D eigenvalue weighted by molar-refractivity contribution is 7.89. The minimum Gasteiger partial charge on any atom is -0.369 e. The summed E-state index contributed by atoms with van der Waals surface area (Å²) < 4.78 is 27.1. The first-order valence-corrected chi connectivity index (χ1v) is 13.4. The summed E-state index contributed by atoms with van der Waals surface area (Å²) >= 11 is 0. The summed E-state index contributed by atoms with van der Waals surface area (Å²) in [5.41, 5.74) is 3.09. The molecule has 182 valence electrons. The van der Waals surface area contributed by atoms with Crippen LogP contribution in [-0.2, 0) is 19.6 Å². The zero-order valence-electron chi connectivity index (χ0n) is 19.5. The van der Waals surface area contributed by atoms with Crippen LogP contribution in [0.25, 0.3) is 0 Å². The SMILES string of the molecule is Cc1cccc(N2CCN(S(=O)(=O)CCCNC(=O)C3CC(=O)N(c4ccccc4)C3)CC2)c1. The lowest BCUT2D eigenvalue weighted by Gasteiger charge is -2.35. The lowest BCUT2D eigenvalue weighted by atomic mass is 10.1. The van der Waals surface area contributed by atoms with E-state index in [0.717, 1.165) is 11.4 Å². The molecule has 0 radical (unpaired) electrons. The first kappa shape index (κ1) is 24.2. The van der Waals surface area contributed by atoms with Crippen molar-refractivity contribution in [2.75, 3.05) is 54.8 Å². The van der Waals surface area contributed by atoms with Crippen molar-refractivity contribution < 1.29 is 18.0 Å². The van der Waals surface area contributed by atoms with Gasteiger partial charge in [0.05, 0.1) is 11.7 Å². The molecule has 0 bridgehead atoms. The second-order valence-electron chi connectivity index (χ2n) is 8.93. The fourth-order valence-corrected chi connectivity index (χ4v) is 6.02. The Balaban J connectivity index is 1.19. The Bertz CT molecular complexity index is 1110. The standard InChI is InChI=1S/C25H32N4O4S/c1-20-7-5-10-23(17-20)27-12-14-28(15-13-27)34(32,33)16-6-11-26-25(31)21-18-24(30)29(19-21)22-8-3-2-4-9-22/h2-5,7-10,17,21H,6,11-16,18-19H2,1H3,(H,26,31). The minimum atomic E-state index is -3.37. The quantitative estimate of drug-likeness (QED) is 0.579. The molecule has 1 N–H and O–H groups in total. The van der Waals surface area contributed by atoms with Gasteiger partial charge in [-0.05, 0) is 43.2 Å². The monoisotopic (exact) mass is 484 g/mol. The number of carbonyl (C=O) groups is 2. The number of nitrogens with zero attached hydrogens (tertiary/aromatic N) is 3. The van der Waals surface area contributed by atoms with Crippen molar-refractivity contribution in [3.05, 3.63) is 60.2 Å². The summed E-state index contributed by atoms with van der Waals surface area (Å²) in [6.45, 7) is 4.91. The number of para-hydroxylation sites is 1. The number of amides is 2. The van der Waals surface area contributed by atoms with Gasteiger partial charge in [0, 0.05) is 57.1 Å². The summed E-state index contributed by atoms with van der Waals surface area (Å²) in [4.78, 5) is 28.7. The normalized spacial score (nSPS) is 19.4. The van der Waals surface area contributed by atoms with E-state index in [4.69, 9.17) is 0 Å². The van der Waals surface area contributed by atoms with Crippen molar-refractivity contribution in [2.45, 2.75) is 19.8 Å². The number of benzene rings is 2. The molecule has 2 aliphatic heterocycles. The molecular weight excluding hydrogens is 452 g/mol. The third-order valence-electron chi connectivity index (χ3n) is 6.44. The molecule has 1 unspecified atom stereocenters. The smallest absolute Gasteiger partial charge is 0.227 e. The molecule has 2 aromatic rings. The summed E-state index contributed by atoms with van der Waals surface area (Å²) in [5, 5.41) is 2.82. The van der Waals surface area contributed by atoms with Crippen LogP contribution < -0.4 is 15.1 Å². The van der Waals surface area contributed by atoms with Gasteiger partial charge in [-0.3, -0.25) is 9.59 Å². The summed E-state index contributed by atoms with van der Waals surface area (Å²) in [6.07, 6.45) is 0.513. The Kier molecular flexibility index (Phi) is 7.53. The Morgan fingerprint density at radius 1 is 1.00 bits per heavy atom. The van der Waals surface area contributed by atoms with Gasteiger partial charge in [0.2, 0.25) is 21.8 Å². The number of rotatable bonds is 8. The van der Waals surface area contributed by atoms with Crippen LogP contribution in [0.15, 0.2) is 54.6 Å². The van der Waals surface area contributed by atoms with Crippen LogP contribution in [0, 0.1) is 12.8 Å². The van der Waals surface area contributed by atoms with Gasteiger partial charge in [0.25, 0.3) is 0 Å². The van der Waals surface area contributed by atoms with Crippen LogP contribution in [0.2, 0.25) is 0 Å². The molecule has 0 saturated carbocycles. The third kappa shape index (κ3) is 5.77. The maximum absolute atomic E-state index is 12.8. The topological polar surface area (TPSA) is 90.0 Å². The van der Waals surface area contributed by atoms with Crippen LogP contribution in [-0.4, -0.2) is 69.6 Å². The average Bonchev–Trinajstić information content (AvgIpc) is 3.24. The summed E-state index contributed by atoms with van der Waals surface area (Å²) in [5.74, 6) is -0.689. The third-order valence-corrected chi connectivity index (χ3v) is 8.40. The molecule has 2 amide bonds. The molecule has 2 saturated heterocycles. The van der Waals surface area contributed by atoms with Gasteiger partial charge >= 0.3 is 0 Å². The summed E-state index contributed by atoms with van der Waals surface area (Å²) in [7, 11) is -3.37. The van der Waals surface area contributed by atoms with Gasteiger partial charge in [-0.2, -0.15) is 4.31 Å². The van der Waals surface area contributed by atoms with Gasteiger partial charge in [-0.25, -0.2) is 8.42 Å². The number of sulfonamides is 1. The molecule has 2 aliphatic rings. The van der Waals surface area contributed by atoms with E-state index in [2.05, 4.69) is 22.3 Å². The van der Waals surface area contributed by atoms with Gasteiger partial charge < -0.3 is 15.1 Å². The maximum atomic E-state index is 12.8. The van der Waals surface area contributed by atoms with E-state index in [1.807, 2.05) is 49.4 Å². The van der Waals surface area contributed by atoms with E-state index in [1.165, 1.54) is 5.56 Å². The van der Waals surface area contributed by atoms with E-state index in [-0.39, 0.29) is 30.5 Å². The Labute approximate surface area is 201 Å². The number of piperazine rings is 1. The summed E-state index contributed by atoms with van der Waals surface area (Å²) in [6, 6.07) is 17.5. The number of nitrogens with one attached hydrogen (secondary N) is 1. The van der Waals surface area contributed by atoms with Crippen LogP contribution in [0.1, 0.15) is 18.4 Å². The van der Waals surface area contributed by atoms with Crippen LogP contribution in [0.5, 0.6) is 0 Å². The van der Waals surface area contributed by atoms with Crippen molar-refractivity contribution in [2.24, 2.45) is 5.92 Å². The molecule has 8 nitrogen and oxygen atoms in total. The second kappa shape index (κ2) is 10.6. The number of anilines is 2. The predicted octanol–water partition coefficient (Wildman–Crippen LogP) is 2.01. The molecular formula is C25H32N4O4S. The highest BCUT2D eigenvalue weighted by atomic mass is 32.2.